The van der Waals surface area contributed by atoms with Crippen molar-refractivity contribution in [1.29, 1.82) is 0 Å². The monoisotopic (exact) mass is 351 g/mol. The van der Waals surface area contributed by atoms with E-state index in [9.17, 15) is 18.0 Å². The van der Waals surface area contributed by atoms with Gasteiger partial charge in [0.1, 0.15) is 17.3 Å². The number of anilines is 3. The van der Waals surface area contributed by atoms with Gasteiger partial charge in [0, 0.05) is 36.5 Å². The van der Waals surface area contributed by atoms with Crippen LogP contribution in [0.25, 0.3) is 11.6 Å². The van der Waals surface area contributed by atoms with Crippen LogP contribution in [0.1, 0.15) is 18.1 Å². The Balaban J connectivity index is 2.66. The van der Waals surface area contributed by atoms with Crippen molar-refractivity contribution < 1.29 is 18.0 Å². The summed E-state index contributed by atoms with van der Waals surface area (Å²) >= 11 is 0. The Labute approximate surface area is 142 Å². The molecule has 9 heteroatoms. The smallest absolute Gasteiger partial charge is 0.221 e. The molecule has 2 aromatic rings. The molecule has 0 bridgehead atoms. The van der Waals surface area contributed by atoms with E-state index in [2.05, 4.69) is 9.97 Å². The van der Waals surface area contributed by atoms with Gasteiger partial charge in [-0.15, -0.1) is 0 Å². The molecule has 1 aromatic heterocycles. The molecule has 0 saturated heterocycles. The Morgan fingerprint density at radius 1 is 1.28 bits per heavy atom. The van der Waals surface area contributed by atoms with Gasteiger partial charge in [0.2, 0.25) is 5.95 Å². The number of carbonyl (C=O) groups excluding carboxylic acids is 1. The van der Waals surface area contributed by atoms with E-state index in [0.29, 0.717) is 24.0 Å². The molecule has 1 heterocycles. The van der Waals surface area contributed by atoms with Crippen LogP contribution in [0.2, 0.25) is 0 Å². The molecule has 4 N–H and O–H groups in total. The van der Waals surface area contributed by atoms with Crippen molar-refractivity contribution in [1.82, 2.24) is 9.97 Å². The first-order valence-corrected chi connectivity index (χ1v) is 7.24. The summed E-state index contributed by atoms with van der Waals surface area (Å²) in [6, 6.07) is 0.662. The van der Waals surface area contributed by atoms with Crippen molar-refractivity contribution in [3.63, 3.8) is 0 Å². The lowest BCUT2D eigenvalue weighted by atomic mass is 10.0. The minimum atomic E-state index is -1.55. The largest absolute Gasteiger partial charge is 0.394 e. The van der Waals surface area contributed by atoms with Gasteiger partial charge in [-0.25, -0.2) is 18.2 Å². The van der Waals surface area contributed by atoms with Crippen LogP contribution in [-0.4, -0.2) is 29.8 Å². The van der Waals surface area contributed by atoms with Gasteiger partial charge >= 0.3 is 0 Å². The van der Waals surface area contributed by atoms with E-state index in [1.54, 1.807) is 11.9 Å². The Morgan fingerprint density at radius 3 is 2.56 bits per heavy atom. The van der Waals surface area contributed by atoms with Crippen LogP contribution in [0.5, 0.6) is 0 Å². The fourth-order valence-corrected chi connectivity index (χ4v) is 2.11. The third-order valence-corrected chi connectivity index (χ3v) is 3.59. The number of nitrogens with zero attached hydrogens (tertiary/aromatic N) is 3. The van der Waals surface area contributed by atoms with Gasteiger partial charge < -0.3 is 16.4 Å². The third-order valence-electron chi connectivity index (χ3n) is 3.59. The number of halogens is 3. The molecule has 2 rings (SSSR count). The van der Waals surface area contributed by atoms with Gasteiger partial charge in [-0.2, -0.15) is 4.98 Å². The molecular weight excluding hydrogens is 335 g/mol. The van der Waals surface area contributed by atoms with Crippen LogP contribution in [-0.2, 0) is 4.79 Å². The first-order chi connectivity index (χ1) is 11.8. The SMILES string of the molecule is CCN(C)c1nc(N)ncc1/C=C(\C=O)c1cc(F)c(N)c(F)c1F. The highest BCUT2D eigenvalue weighted by Gasteiger charge is 2.20. The van der Waals surface area contributed by atoms with Crippen LogP contribution < -0.4 is 16.4 Å². The molecule has 1 aromatic carbocycles. The number of aldehydes is 1. The van der Waals surface area contributed by atoms with Crippen molar-refractivity contribution in [2.24, 2.45) is 0 Å². The average Bonchev–Trinajstić information content (AvgIpc) is 2.61. The number of aromatic nitrogens is 2. The molecule has 0 radical (unpaired) electrons. The Bertz CT molecular complexity index is 854. The van der Waals surface area contributed by atoms with E-state index in [0.717, 1.165) is 0 Å². The fraction of sp³-hybridized carbons (Fsp3) is 0.188. The molecule has 0 unspecified atom stereocenters. The maximum atomic E-state index is 14.1. The second-order valence-corrected chi connectivity index (χ2v) is 5.19. The summed E-state index contributed by atoms with van der Waals surface area (Å²) in [5.74, 6) is -3.75. The lowest BCUT2D eigenvalue weighted by Crippen LogP contribution is -2.19. The molecule has 0 atom stereocenters. The van der Waals surface area contributed by atoms with Crippen LogP contribution in [0.3, 0.4) is 0 Å². The number of carbonyl (C=O) groups is 1. The molecular formula is C16H16F3N5O. The molecule has 132 valence electrons. The highest BCUT2D eigenvalue weighted by Crippen LogP contribution is 2.29. The maximum Gasteiger partial charge on any atom is 0.221 e. The van der Waals surface area contributed by atoms with E-state index >= 15 is 0 Å². The van der Waals surface area contributed by atoms with Crippen LogP contribution >= 0.6 is 0 Å². The third kappa shape index (κ3) is 3.54. The minimum absolute atomic E-state index is 0.0101. The zero-order valence-corrected chi connectivity index (χ0v) is 13.6. The number of rotatable bonds is 5. The van der Waals surface area contributed by atoms with Crippen molar-refractivity contribution in [3.05, 3.63) is 40.8 Å². The molecule has 0 aliphatic carbocycles. The Kier molecular flexibility index (Phi) is 5.26. The van der Waals surface area contributed by atoms with Gasteiger partial charge in [-0.05, 0) is 19.1 Å². The van der Waals surface area contributed by atoms with Crippen LogP contribution in [0.4, 0.5) is 30.6 Å². The van der Waals surface area contributed by atoms with E-state index in [1.165, 1.54) is 12.3 Å². The number of nitrogen functional groups attached to an aromatic ring is 2. The normalized spacial score (nSPS) is 11.5. The summed E-state index contributed by atoms with van der Waals surface area (Å²) < 4.78 is 41.4. The second-order valence-electron chi connectivity index (χ2n) is 5.19. The Morgan fingerprint density at radius 2 is 1.96 bits per heavy atom. The summed E-state index contributed by atoms with van der Waals surface area (Å²) in [6.07, 6.45) is 2.83. The van der Waals surface area contributed by atoms with E-state index < -0.39 is 28.7 Å². The summed E-state index contributed by atoms with van der Waals surface area (Å²) in [4.78, 5) is 21.0. The Hall–Kier alpha value is -3.10. The van der Waals surface area contributed by atoms with Gasteiger partial charge in [0.25, 0.3) is 0 Å². The van der Waals surface area contributed by atoms with Gasteiger partial charge in [0.05, 0.1) is 0 Å². The molecule has 0 spiro atoms. The standard InChI is InChI=1S/C16H16F3N5O/c1-3-24(2)15-8(6-22-16(21)23-15)4-9(7-25)10-5-11(17)14(20)13(19)12(10)18/h4-7H,3,20H2,1-2H3,(H2,21,22,23)/b9-4+. The van der Waals surface area contributed by atoms with Crippen molar-refractivity contribution in [2.75, 3.05) is 30.0 Å². The second kappa shape index (κ2) is 7.20. The van der Waals surface area contributed by atoms with E-state index in [-0.39, 0.29) is 17.8 Å². The molecule has 6 nitrogen and oxygen atoms in total. The lowest BCUT2D eigenvalue weighted by Gasteiger charge is -2.18. The first-order valence-electron chi connectivity index (χ1n) is 7.24. The molecule has 0 saturated carbocycles. The summed E-state index contributed by atoms with van der Waals surface area (Å²) in [7, 11) is 1.73. The van der Waals surface area contributed by atoms with Crippen LogP contribution in [0.15, 0.2) is 12.3 Å². The van der Waals surface area contributed by atoms with Gasteiger partial charge in [0.15, 0.2) is 17.9 Å². The molecule has 25 heavy (non-hydrogen) atoms. The predicted octanol–water partition coefficient (Wildman–Crippen LogP) is 2.25. The van der Waals surface area contributed by atoms with Crippen molar-refractivity contribution in [3.8, 4) is 0 Å². The van der Waals surface area contributed by atoms with Gasteiger partial charge in [-0.1, -0.05) is 0 Å². The van der Waals surface area contributed by atoms with Gasteiger partial charge in [-0.3, -0.25) is 4.79 Å². The number of hydrogen-bond donors (Lipinski definition) is 2. The summed E-state index contributed by atoms with van der Waals surface area (Å²) in [5.41, 5.74) is 9.20. The fourth-order valence-electron chi connectivity index (χ4n) is 2.11. The summed E-state index contributed by atoms with van der Waals surface area (Å²) in [6.45, 7) is 2.42. The summed E-state index contributed by atoms with van der Waals surface area (Å²) in [5, 5.41) is 0. The number of hydrogen-bond acceptors (Lipinski definition) is 6. The highest BCUT2D eigenvalue weighted by molar-refractivity contribution is 6.14. The van der Waals surface area contributed by atoms with E-state index in [4.69, 9.17) is 11.5 Å². The highest BCUT2D eigenvalue weighted by atomic mass is 19.2. The number of benzene rings is 1. The average molecular weight is 351 g/mol. The maximum absolute atomic E-state index is 14.1. The molecule has 0 aliphatic heterocycles. The zero-order valence-electron chi connectivity index (χ0n) is 13.6. The quantitative estimate of drug-likeness (QED) is 0.371. The lowest BCUT2D eigenvalue weighted by molar-refractivity contribution is -0.103. The van der Waals surface area contributed by atoms with E-state index in [1.807, 2.05) is 6.92 Å². The topological polar surface area (TPSA) is 98.1 Å². The first kappa shape index (κ1) is 18.2. The minimum Gasteiger partial charge on any atom is -0.394 e. The van der Waals surface area contributed by atoms with Crippen molar-refractivity contribution in [2.45, 2.75) is 6.92 Å². The number of nitrogens with two attached hydrogens (primary N) is 2. The number of allylic oxidation sites excluding steroid dienone is 1. The zero-order chi connectivity index (χ0) is 18.7. The molecule has 0 aliphatic rings. The molecule has 0 fully saturated rings. The van der Waals surface area contributed by atoms with Crippen LogP contribution in [0, 0.1) is 17.5 Å². The predicted molar refractivity (Wildman–Crippen MR) is 90.1 cm³/mol. The molecule has 0 amide bonds. The van der Waals surface area contributed by atoms with Crippen molar-refractivity contribution >= 4 is 35.4 Å².